The highest BCUT2D eigenvalue weighted by molar-refractivity contribution is 5.64. The molecule has 4 nitrogen and oxygen atoms in total. The van der Waals surface area contributed by atoms with Crippen molar-refractivity contribution in [3.8, 4) is 0 Å². The zero-order chi connectivity index (χ0) is 13.5. The average molecular weight is 256 g/mol. The van der Waals surface area contributed by atoms with Crippen LogP contribution in [0.25, 0.3) is 0 Å². The Balaban J connectivity index is 2.17. The maximum atomic E-state index is 10.6. The predicted molar refractivity (Wildman–Crippen MR) is 72.7 cm³/mol. The molecule has 1 atom stereocenters. The van der Waals surface area contributed by atoms with Crippen molar-refractivity contribution in [3.63, 3.8) is 0 Å². The number of hydrogen-bond donors (Lipinski definition) is 1. The second kappa shape index (κ2) is 6.54. The van der Waals surface area contributed by atoms with E-state index < -0.39 is 6.09 Å². The van der Waals surface area contributed by atoms with Crippen LogP contribution in [0.4, 0.5) is 4.79 Å². The molecule has 4 heteroatoms. The summed E-state index contributed by atoms with van der Waals surface area (Å²) in [6.45, 7) is 0.303. The smallest absolute Gasteiger partial charge is 0.404 e. The van der Waals surface area contributed by atoms with E-state index in [9.17, 15) is 4.79 Å². The van der Waals surface area contributed by atoms with Gasteiger partial charge in [-0.1, -0.05) is 30.3 Å². The molecular formula is C15H16N2O2. The first-order valence-electron chi connectivity index (χ1n) is 6.14. The fourth-order valence-electron chi connectivity index (χ4n) is 2.08. The van der Waals surface area contributed by atoms with Crippen molar-refractivity contribution in [1.29, 1.82) is 0 Å². The summed E-state index contributed by atoms with van der Waals surface area (Å²) in [4.78, 5) is 14.7. The number of carbonyl (C=O) groups excluding carboxylic acids is 1. The van der Waals surface area contributed by atoms with Gasteiger partial charge in [-0.15, -0.1) is 0 Å². The van der Waals surface area contributed by atoms with E-state index in [1.54, 1.807) is 12.4 Å². The number of ether oxygens (including phenoxy) is 1. The molecule has 1 aromatic heterocycles. The van der Waals surface area contributed by atoms with Crippen molar-refractivity contribution >= 4 is 6.09 Å². The maximum Gasteiger partial charge on any atom is 0.404 e. The lowest BCUT2D eigenvalue weighted by Gasteiger charge is -2.17. The lowest BCUT2D eigenvalue weighted by molar-refractivity contribution is 0.154. The van der Waals surface area contributed by atoms with Gasteiger partial charge in [-0.2, -0.15) is 0 Å². The SMILES string of the molecule is NC(=O)OCCC(c1ccccc1)c1ccncc1. The monoisotopic (exact) mass is 256 g/mol. The summed E-state index contributed by atoms with van der Waals surface area (Å²) in [6, 6.07) is 14.1. The number of carbonyl (C=O) groups is 1. The highest BCUT2D eigenvalue weighted by Gasteiger charge is 2.14. The van der Waals surface area contributed by atoms with Crippen molar-refractivity contribution in [3.05, 3.63) is 66.0 Å². The molecule has 0 aliphatic heterocycles. The minimum absolute atomic E-state index is 0.170. The molecule has 0 aliphatic rings. The van der Waals surface area contributed by atoms with Crippen LogP contribution in [-0.2, 0) is 4.74 Å². The third-order valence-electron chi connectivity index (χ3n) is 2.96. The van der Waals surface area contributed by atoms with Crippen molar-refractivity contribution in [2.45, 2.75) is 12.3 Å². The number of benzene rings is 1. The Kier molecular flexibility index (Phi) is 4.50. The topological polar surface area (TPSA) is 65.2 Å². The molecule has 98 valence electrons. The zero-order valence-electron chi connectivity index (χ0n) is 10.5. The Morgan fingerprint density at radius 1 is 1.11 bits per heavy atom. The van der Waals surface area contributed by atoms with Crippen molar-refractivity contribution in [1.82, 2.24) is 4.98 Å². The molecule has 0 spiro atoms. The van der Waals surface area contributed by atoms with E-state index in [0.29, 0.717) is 13.0 Å². The van der Waals surface area contributed by atoms with Crippen molar-refractivity contribution < 1.29 is 9.53 Å². The Morgan fingerprint density at radius 3 is 2.37 bits per heavy atom. The Hall–Kier alpha value is -2.36. The van der Waals surface area contributed by atoms with E-state index in [0.717, 1.165) is 5.56 Å². The molecule has 1 aromatic carbocycles. The fraction of sp³-hybridized carbons (Fsp3) is 0.200. The molecule has 1 heterocycles. The second-order valence-electron chi connectivity index (χ2n) is 4.20. The van der Waals surface area contributed by atoms with Crippen molar-refractivity contribution in [2.24, 2.45) is 5.73 Å². The van der Waals surface area contributed by atoms with Crippen LogP contribution in [0.2, 0.25) is 0 Å². The molecule has 0 saturated carbocycles. The molecule has 2 aromatic rings. The first-order chi connectivity index (χ1) is 9.27. The second-order valence-corrected chi connectivity index (χ2v) is 4.20. The van der Waals surface area contributed by atoms with Crippen LogP contribution in [0.1, 0.15) is 23.5 Å². The number of amides is 1. The molecule has 19 heavy (non-hydrogen) atoms. The summed E-state index contributed by atoms with van der Waals surface area (Å²) >= 11 is 0. The third kappa shape index (κ3) is 3.81. The van der Waals surface area contributed by atoms with E-state index in [1.807, 2.05) is 30.3 Å². The largest absolute Gasteiger partial charge is 0.450 e. The van der Waals surface area contributed by atoms with Gasteiger partial charge >= 0.3 is 6.09 Å². The number of primary amides is 1. The highest BCUT2D eigenvalue weighted by atomic mass is 16.5. The predicted octanol–water partition coefficient (Wildman–Crippen LogP) is 2.70. The maximum absolute atomic E-state index is 10.6. The zero-order valence-corrected chi connectivity index (χ0v) is 10.5. The quantitative estimate of drug-likeness (QED) is 0.894. The van der Waals surface area contributed by atoms with E-state index in [1.165, 1.54) is 5.56 Å². The van der Waals surface area contributed by atoms with Crippen LogP contribution >= 0.6 is 0 Å². The Labute approximate surface area is 112 Å². The summed E-state index contributed by atoms with van der Waals surface area (Å²) in [6.07, 6.45) is 3.48. The number of aromatic nitrogens is 1. The molecule has 0 fully saturated rings. The molecule has 0 radical (unpaired) electrons. The number of rotatable bonds is 5. The number of nitrogens with zero attached hydrogens (tertiary/aromatic N) is 1. The van der Waals surface area contributed by atoms with Crippen molar-refractivity contribution in [2.75, 3.05) is 6.61 Å². The molecule has 2 rings (SSSR count). The molecule has 2 N–H and O–H groups in total. The minimum atomic E-state index is -0.735. The van der Waals surface area contributed by atoms with Gasteiger partial charge in [-0.25, -0.2) is 4.79 Å². The first kappa shape index (κ1) is 13.1. The molecular weight excluding hydrogens is 240 g/mol. The van der Waals surface area contributed by atoms with Crippen LogP contribution in [0.15, 0.2) is 54.9 Å². The van der Waals surface area contributed by atoms with E-state index in [4.69, 9.17) is 10.5 Å². The molecule has 0 bridgehead atoms. The van der Waals surface area contributed by atoms with Crippen LogP contribution in [-0.4, -0.2) is 17.7 Å². The molecule has 1 unspecified atom stereocenters. The van der Waals surface area contributed by atoms with E-state index in [2.05, 4.69) is 17.1 Å². The molecule has 1 amide bonds. The van der Waals surface area contributed by atoms with Crippen LogP contribution in [0, 0.1) is 0 Å². The average Bonchev–Trinajstić information content (AvgIpc) is 2.45. The standard InChI is InChI=1S/C15H16N2O2/c16-15(18)19-11-8-14(12-4-2-1-3-5-12)13-6-9-17-10-7-13/h1-7,9-10,14H,8,11H2,(H2,16,18). The van der Waals surface area contributed by atoms with Gasteiger partial charge in [0.15, 0.2) is 0 Å². The molecule has 0 saturated heterocycles. The molecule has 0 aliphatic carbocycles. The lowest BCUT2D eigenvalue weighted by Crippen LogP contribution is -2.15. The summed E-state index contributed by atoms with van der Waals surface area (Å²) < 4.78 is 4.84. The van der Waals surface area contributed by atoms with Gasteiger partial charge in [0, 0.05) is 18.3 Å². The van der Waals surface area contributed by atoms with Gasteiger partial charge in [0.2, 0.25) is 0 Å². The van der Waals surface area contributed by atoms with E-state index >= 15 is 0 Å². The van der Waals surface area contributed by atoms with Crippen LogP contribution in [0.3, 0.4) is 0 Å². The van der Waals surface area contributed by atoms with Gasteiger partial charge in [0.25, 0.3) is 0 Å². The Bertz CT molecular complexity index is 475. The number of nitrogens with two attached hydrogens (primary N) is 1. The summed E-state index contributed by atoms with van der Waals surface area (Å²) in [5.41, 5.74) is 7.31. The van der Waals surface area contributed by atoms with Crippen LogP contribution < -0.4 is 5.73 Å². The summed E-state index contributed by atoms with van der Waals surface area (Å²) in [5.74, 6) is 0.170. The normalized spacial score (nSPS) is 11.8. The van der Waals surface area contributed by atoms with E-state index in [-0.39, 0.29) is 5.92 Å². The summed E-state index contributed by atoms with van der Waals surface area (Å²) in [7, 11) is 0. The van der Waals surface area contributed by atoms with Gasteiger partial charge in [-0.05, 0) is 29.7 Å². The first-order valence-corrected chi connectivity index (χ1v) is 6.14. The van der Waals surface area contributed by atoms with Gasteiger partial charge in [0.05, 0.1) is 6.61 Å². The highest BCUT2D eigenvalue weighted by Crippen LogP contribution is 2.27. The Morgan fingerprint density at radius 2 is 1.74 bits per heavy atom. The van der Waals surface area contributed by atoms with Crippen LogP contribution in [0.5, 0.6) is 0 Å². The fourth-order valence-corrected chi connectivity index (χ4v) is 2.08. The van der Waals surface area contributed by atoms with Gasteiger partial charge in [-0.3, -0.25) is 4.98 Å². The number of hydrogen-bond acceptors (Lipinski definition) is 3. The number of pyridine rings is 1. The van der Waals surface area contributed by atoms with Gasteiger partial charge in [0.1, 0.15) is 0 Å². The van der Waals surface area contributed by atoms with Gasteiger partial charge < -0.3 is 10.5 Å². The summed E-state index contributed by atoms with van der Waals surface area (Å²) in [5, 5.41) is 0. The minimum Gasteiger partial charge on any atom is -0.450 e. The lowest BCUT2D eigenvalue weighted by atomic mass is 9.89. The third-order valence-corrected chi connectivity index (χ3v) is 2.96.